The minimum Gasteiger partial charge on any atom is -0.476 e. The summed E-state index contributed by atoms with van der Waals surface area (Å²) in [5.41, 5.74) is -2.03. The number of hydrogen-bond donors (Lipinski definition) is 0. The van der Waals surface area contributed by atoms with Gasteiger partial charge in [-0.25, -0.2) is 9.78 Å². The monoisotopic (exact) mass is 522 g/mol. The Balaban J connectivity index is 1.72. The summed E-state index contributed by atoms with van der Waals surface area (Å²) < 4.78 is 56.6. The molecule has 3 rings (SSSR count). The second-order valence-electron chi connectivity index (χ2n) is 10.7. The van der Waals surface area contributed by atoms with Gasteiger partial charge in [-0.15, -0.1) is 0 Å². The first-order valence-electron chi connectivity index (χ1n) is 12.1. The van der Waals surface area contributed by atoms with Crippen LogP contribution in [0.15, 0.2) is 48.7 Å². The molecule has 1 aliphatic rings. The number of rotatable bonds is 6. The zero-order chi connectivity index (χ0) is 27.4. The molecule has 0 unspecified atom stereocenters. The van der Waals surface area contributed by atoms with Crippen LogP contribution in [-0.2, 0) is 20.4 Å². The van der Waals surface area contributed by atoms with Crippen molar-refractivity contribution >= 4 is 12.1 Å². The molecule has 0 bridgehead atoms. The lowest BCUT2D eigenvalue weighted by Crippen LogP contribution is -2.49. The van der Waals surface area contributed by atoms with Crippen molar-refractivity contribution in [2.45, 2.75) is 64.8 Å². The van der Waals surface area contributed by atoms with Gasteiger partial charge in [0, 0.05) is 31.6 Å². The Bertz CT molecular complexity index is 1080. The Morgan fingerprint density at radius 3 is 2.32 bits per heavy atom. The summed E-state index contributed by atoms with van der Waals surface area (Å²) in [7, 11) is 0. The van der Waals surface area contributed by atoms with Crippen molar-refractivity contribution in [1.29, 1.82) is 0 Å². The van der Waals surface area contributed by atoms with Crippen molar-refractivity contribution in [3.63, 3.8) is 0 Å². The molecule has 1 aromatic carbocycles. The molecule has 0 spiro atoms. The van der Waals surface area contributed by atoms with Gasteiger partial charge in [0.2, 0.25) is 5.88 Å². The largest absolute Gasteiger partial charge is 0.476 e. The van der Waals surface area contributed by atoms with Crippen molar-refractivity contribution < 1.29 is 37.0 Å². The van der Waals surface area contributed by atoms with E-state index in [-0.39, 0.29) is 19.1 Å². The molecule has 37 heavy (non-hydrogen) atoms. The fourth-order valence-corrected chi connectivity index (χ4v) is 3.91. The fourth-order valence-electron chi connectivity index (χ4n) is 3.91. The summed E-state index contributed by atoms with van der Waals surface area (Å²) in [4.78, 5) is 31.1. The van der Waals surface area contributed by atoms with E-state index in [2.05, 4.69) is 4.98 Å². The first-order valence-corrected chi connectivity index (χ1v) is 12.1. The molecule has 1 amide bonds. The normalized spacial score (nSPS) is 18.8. The van der Waals surface area contributed by atoms with Gasteiger partial charge in [-0.1, -0.05) is 30.3 Å². The summed E-state index contributed by atoms with van der Waals surface area (Å²) in [6, 6.07) is 11.4. The highest BCUT2D eigenvalue weighted by atomic mass is 19.4. The van der Waals surface area contributed by atoms with E-state index in [0.717, 1.165) is 11.6 Å². The smallest absolute Gasteiger partial charge is 0.421 e. The van der Waals surface area contributed by atoms with Crippen LogP contribution in [0.5, 0.6) is 5.88 Å². The number of hydrogen-bond acceptors (Lipinski definition) is 6. The Labute approximate surface area is 214 Å². The molecule has 10 heteroatoms. The summed E-state index contributed by atoms with van der Waals surface area (Å²) in [5, 5.41) is 0. The molecule has 1 fully saturated rings. The quantitative estimate of drug-likeness (QED) is 0.444. The Hall–Kier alpha value is -3.30. The zero-order valence-corrected chi connectivity index (χ0v) is 21.7. The molecule has 202 valence electrons. The number of nitrogens with zero attached hydrogens (tertiary/aromatic N) is 2. The van der Waals surface area contributed by atoms with Gasteiger partial charge in [0.1, 0.15) is 23.9 Å². The number of carbonyl (C=O) groups is 2. The highest BCUT2D eigenvalue weighted by Gasteiger charge is 2.41. The number of alkyl halides is 3. The van der Waals surface area contributed by atoms with Crippen LogP contribution in [0.3, 0.4) is 0 Å². The SMILES string of the molecule is CC(C)(C)OC(=O)N1CC[C@@H](OC(=O)C(C)(C)COc2ncccc2C(F)(F)F)[C@H](c2ccccc2)C1. The Morgan fingerprint density at radius 2 is 1.70 bits per heavy atom. The number of pyridine rings is 1. The number of likely N-dealkylation sites (tertiary alicyclic amines) is 1. The van der Waals surface area contributed by atoms with E-state index in [4.69, 9.17) is 14.2 Å². The molecular weight excluding hydrogens is 489 g/mol. The van der Waals surface area contributed by atoms with Crippen LogP contribution in [0.4, 0.5) is 18.0 Å². The molecule has 1 aromatic heterocycles. The van der Waals surface area contributed by atoms with Crippen LogP contribution in [-0.4, -0.2) is 53.3 Å². The highest BCUT2D eigenvalue weighted by Crippen LogP contribution is 2.36. The highest BCUT2D eigenvalue weighted by molar-refractivity contribution is 5.76. The van der Waals surface area contributed by atoms with Crippen molar-refractivity contribution in [3.8, 4) is 5.88 Å². The number of aromatic nitrogens is 1. The van der Waals surface area contributed by atoms with E-state index in [9.17, 15) is 22.8 Å². The maximum Gasteiger partial charge on any atom is 0.421 e. The second-order valence-corrected chi connectivity index (χ2v) is 10.7. The number of ether oxygens (including phenoxy) is 3. The molecule has 7 nitrogen and oxygen atoms in total. The van der Waals surface area contributed by atoms with Crippen LogP contribution in [0.25, 0.3) is 0 Å². The van der Waals surface area contributed by atoms with Gasteiger partial charge in [0.15, 0.2) is 0 Å². The number of benzene rings is 1. The molecule has 0 saturated carbocycles. The topological polar surface area (TPSA) is 78.0 Å². The maximum absolute atomic E-state index is 13.3. The molecule has 0 aliphatic carbocycles. The van der Waals surface area contributed by atoms with Crippen molar-refractivity contribution in [1.82, 2.24) is 9.88 Å². The van der Waals surface area contributed by atoms with E-state index in [1.807, 2.05) is 30.3 Å². The van der Waals surface area contributed by atoms with Gasteiger partial charge >= 0.3 is 18.2 Å². The molecule has 1 aliphatic heterocycles. The molecule has 2 aromatic rings. The standard InChI is InChI=1S/C27H33F3N2O5/c1-25(2,3)37-24(34)32-15-13-21(19(16-32)18-10-7-6-8-11-18)36-23(33)26(4,5)17-35-22-20(27(28,29)30)12-9-14-31-22/h6-12,14,19,21H,13,15-17H2,1-5H3/t19-,21+/m0/s1. The van der Waals surface area contributed by atoms with E-state index in [0.29, 0.717) is 13.0 Å². The van der Waals surface area contributed by atoms with E-state index in [1.165, 1.54) is 12.3 Å². The van der Waals surface area contributed by atoms with Crippen LogP contribution < -0.4 is 4.74 Å². The molecule has 2 heterocycles. The molecule has 0 radical (unpaired) electrons. The second kappa shape index (κ2) is 11.0. The van der Waals surface area contributed by atoms with Gasteiger partial charge in [0.05, 0.1) is 5.41 Å². The molecule has 1 saturated heterocycles. The third-order valence-corrected chi connectivity index (χ3v) is 5.89. The summed E-state index contributed by atoms with van der Waals surface area (Å²) >= 11 is 0. The maximum atomic E-state index is 13.3. The van der Waals surface area contributed by atoms with Gasteiger partial charge in [-0.05, 0) is 52.3 Å². The van der Waals surface area contributed by atoms with Crippen molar-refractivity contribution in [3.05, 3.63) is 59.8 Å². The minimum absolute atomic E-state index is 0.288. The fraction of sp³-hybridized carbons (Fsp3) is 0.519. The van der Waals surface area contributed by atoms with Gasteiger partial charge in [-0.3, -0.25) is 4.79 Å². The molecule has 0 N–H and O–H groups in total. The number of carbonyl (C=O) groups excluding carboxylic acids is 2. The van der Waals surface area contributed by atoms with Crippen molar-refractivity contribution in [2.75, 3.05) is 19.7 Å². The third-order valence-electron chi connectivity index (χ3n) is 5.89. The lowest BCUT2D eigenvalue weighted by molar-refractivity contribution is -0.164. The summed E-state index contributed by atoms with van der Waals surface area (Å²) in [5.74, 6) is -1.52. The molecular formula is C27H33F3N2O5. The number of esters is 1. The van der Waals surface area contributed by atoms with Crippen LogP contribution in [0.2, 0.25) is 0 Å². The van der Waals surface area contributed by atoms with Crippen LogP contribution in [0.1, 0.15) is 58.1 Å². The lowest BCUT2D eigenvalue weighted by Gasteiger charge is -2.39. The van der Waals surface area contributed by atoms with Crippen molar-refractivity contribution in [2.24, 2.45) is 5.41 Å². The van der Waals surface area contributed by atoms with Gasteiger partial charge in [-0.2, -0.15) is 13.2 Å². The first kappa shape index (κ1) is 28.3. The summed E-state index contributed by atoms with van der Waals surface area (Å²) in [6.07, 6.45) is -4.06. The average Bonchev–Trinajstić information content (AvgIpc) is 2.82. The lowest BCUT2D eigenvalue weighted by atomic mass is 9.87. The number of amides is 1. The summed E-state index contributed by atoms with van der Waals surface area (Å²) in [6.45, 7) is 8.71. The first-order chi connectivity index (χ1) is 17.2. The third kappa shape index (κ3) is 7.60. The number of piperidine rings is 1. The predicted molar refractivity (Wildman–Crippen MR) is 130 cm³/mol. The molecule has 2 atom stereocenters. The predicted octanol–water partition coefficient (Wildman–Crippen LogP) is 5.84. The van der Waals surface area contributed by atoms with E-state index in [1.54, 1.807) is 39.5 Å². The Kier molecular flexibility index (Phi) is 8.39. The minimum atomic E-state index is -4.64. The van der Waals surface area contributed by atoms with Crippen LogP contribution in [0, 0.1) is 5.41 Å². The van der Waals surface area contributed by atoms with Gasteiger partial charge in [0.25, 0.3) is 0 Å². The average molecular weight is 523 g/mol. The van der Waals surface area contributed by atoms with E-state index < -0.39 is 46.8 Å². The Morgan fingerprint density at radius 1 is 1.03 bits per heavy atom. The number of halogens is 3. The zero-order valence-electron chi connectivity index (χ0n) is 21.7. The van der Waals surface area contributed by atoms with Crippen LogP contribution >= 0.6 is 0 Å². The van der Waals surface area contributed by atoms with Gasteiger partial charge < -0.3 is 19.1 Å². The van der Waals surface area contributed by atoms with E-state index >= 15 is 0 Å².